The van der Waals surface area contributed by atoms with Crippen molar-refractivity contribution in [3.8, 4) is 0 Å². The van der Waals surface area contributed by atoms with E-state index in [2.05, 4.69) is 22.9 Å². The molecule has 0 aromatic rings. The lowest BCUT2D eigenvalue weighted by atomic mass is 9.70. The van der Waals surface area contributed by atoms with Crippen LogP contribution in [0.15, 0.2) is 11.6 Å². The first-order valence-electron chi connectivity index (χ1n) is 13.7. The Morgan fingerprint density at radius 2 is 1.86 bits per heavy atom. The summed E-state index contributed by atoms with van der Waals surface area (Å²) >= 11 is 0. The number of hydrogen-bond donors (Lipinski definition) is 4. The van der Waals surface area contributed by atoms with Gasteiger partial charge in [-0.15, -0.1) is 0 Å². The van der Waals surface area contributed by atoms with Crippen LogP contribution in [0.3, 0.4) is 0 Å². The van der Waals surface area contributed by atoms with E-state index in [0.717, 1.165) is 44.1 Å². The van der Waals surface area contributed by atoms with Gasteiger partial charge in [-0.1, -0.05) is 39.7 Å². The summed E-state index contributed by atoms with van der Waals surface area (Å²) in [5.74, 6) is -2.02. The number of carbonyl (C=O) groups excluding carboxylic acids is 4. The van der Waals surface area contributed by atoms with Gasteiger partial charge in [0.15, 0.2) is 11.3 Å². The van der Waals surface area contributed by atoms with Crippen molar-refractivity contribution in [3.05, 3.63) is 11.6 Å². The van der Waals surface area contributed by atoms with E-state index in [1.807, 2.05) is 19.9 Å². The SMILES string of the molecule is CCCCC/C=C1/CC[C@]1(NC(=O)[C@@H]1CCCN1C(=O)CNC(=O)N[C@H](C(=O)C1CC1)C(C)C)C(=O)O. The largest absolute Gasteiger partial charge is 0.479 e. The van der Waals surface area contributed by atoms with Crippen LogP contribution in [0.1, 0.15) is 85.0 Å². The molecular formula is C27H42N4O6. The summed E-state index contributed by atoms with van der Waals surface area (Å²) in [6.07, 6.45) is 9.52. The monoisotopic (exact) mass is 518 g/mol. The molecule has 0 radical (unpaired) electrons. The molecule has 3 aliphatic rings. The molecule has 2 aliphatic carbocycles. The van der Waals surface area contributed by atoms with Gasteiger partial charge in [0.2, 0.25) is 11.8 Å². The Morgan fingerprint density at radius 1 is 1.14 bits per heavy atom. The van der Waals surface area contributed by atoms with Crippen LogP contribution < -0.4 is 16.0 Å². The molecule has 0 bridgehead atoms. The lowest BCUT2D eigenvalue weighted by Crippen LogP contribution is -2.64. The molecule has 0 aromatic carbocycles. The molecule has 0 spiro atoms. The lowest BCUT2D eigenvalue weighted by Gasteiger charge is -2.42. The molecule has 1 aliphatic heterocycles. The molecule has 206 valence electrons. The van der Waals surface area contributed by atoms with Gasteiger partial charge in [0.25, 0.3) is 0 Å². The zero-order valence-corrected chi connectivity index (χ0v) is 22.3. The predicted octanol–water partition coefficient (Wildman–Crippen LogP) is 2.52. The van der Waals surface area contributed by atoms with E-state index < -0.39 is 41.4 Å². The van der Waals surface area contributed by atoms with Gasteiger partial charge in [-0.3, -0.25) is 14.4 Å². The van der Waals surface area contributed by atoms with Gasteiger partial charge >= 0.3 is 12.0 Å². The maximum absolute atomic E-state index is 13.2. The van der Waals surface area contributed by atoms with Crippen LogP contribution in [0.25, 0.3) is 0 Å². The zero-order valence-electron chi connectivity index (χ0n) is 22.3. The Balaban J connectivity index is 1.55. The molecule has 37 heavy (non-hydrogen) atoms. The maximum atomic E-state index is 13.2. The highest BCUT2D eigenvalue weighted by Gasteiger charge is 2.51. The van der Waals surface area contributed by atoms with Gasteiger partial charge in [-0.05, 0) is 62.9 Å². The van der Waals surface area contributed by atoms with E-state index in [9.17, 15) is 29.1 Å². The summed E-state index contributed by atoms with van der Waals surface area (Å²) in [7, 11) is 0. The van der Waals surface area contributed by atoms with E-state index in [-0.39, 0.29) is 24.2 Å². The van der Waals surface area contributed by atoms with Crippen molar-refractivity contribution in [1.29, 1.82) is 0 Å². The Bertz CT molecular complexity index is 928. The van der Waals surface area contributed by atoms with Crippen molar-refractivity contribution in [1.82, 2.24) is 20.9 Å². The molecule has 3 atom stereocenters. The van der Waals surface area contributed by atoms with E-state index in [0.29, 0.717) is 32.2 Å². The number of hydrogen-bond acceptors (Lipinski definition) is 5. The first kappa shape index (κ1) is 28.7. The first-order chi connectivity index (χ1) is 17.6. The molecule has 2 saturated carbocycles. The van der Waals surface area contributed by atoms with Gasteiger partial charge in [0, 0.05) is 12.5 Å². The minimum atomic E-state index is -1.40. The average molecular weight is 519 g/mol. The summed E-state index contributed by atoms with van der Waals surface area (Å²) < 4.78 is 0. The Kier molecular flexibility index (Phi) is 9.73. The number of aliphatic carboxylic acids is 1. The normalized spacial score (nSPS) is 24.9. The Morgan fingerprint density at radius 3 is 2.43 bits per heavy atom. The summed E-state index contributed by atoms with van der Waals surface area (Å²) in [6, 6.07) is -1.99. The highest BCUT2D eigenvalue weighted by Crippen LogP contribution is 2.39. The van der Waals surface area contributed by atoms with Crippen LogP contribution in [-0.4, -0.2) is 70.3 Å². The summed E-state index contributed by atoms with van der Waals surface area (Å²) in [5, 5.41) is 17.9. The number of rotatable bonds is 13. The van der Waals surface area contributed by atoms with Crippen molar-refractivity contribution in [2.75, 3.05) is 13.1 Å². The minimum Gasteiger partial charge on any atom is -0.479 e. The number of unbranched alkanes of at least 4 members (excludes halogenated alkanes) is 3. The standard InChI is InChI=1S/C27H42N4O6/c1-4-5-6-7-9-19-13-14-27(19,25(35)36)30-24(34)20-10-8-15-31(20)21(32)16-28-26(37)29-22(17(2)3)23(33)18-11-12-18/h9,17-18,20,22H,4-8,10-16H2,1-3H3,(H,30,34)(H,35,36)(H2,28,29,37)/b19-9-/t20-,22-,27+/m0/s1. The van der Waals surface area contributed by atoms with Gasteiger partial charge < -0.3 is 26.0 Å². The number of urea groups is 1. The van der Waals surface area contributed by atoms with E-state index in [4.69, 9.17) is 0 Å². The van der Waals surface area contributed by atoms with Crippen molar-refractivity contribution >= 4 is 29.6 Å². The first-order valence-corrected chi connectivity index (χ1v) is 13.7. The fraction of sp³-hybridized carbons (Fsp3) is 0.741. The minimum absolute atomic E-state index is 0.00895. The lowest BCUT2D eigenvalue weighted by molar-refractivity contribution is -0.149. The van der Waals surface area contributed by atoms with E-state index in [1.165, 1.54) is 4.90 Å². The topological polar surface area (TPSA) is 145 Å². The number of nitrogens with zero attached hydrogens (tertiary/aromatic N) is 1. The summed E-state index contributed by atoms with van der Waals surface area (Å²) in [5.41, 5.74) is -0.683. The molecule has 3 fully saturated rings. The number of ketones is 1. The number of Topliss-reactive ketones (excluding diaryl/α,β-unsaturated/α-hetero) is 1. The molecule has 4 amide bonds. The molecule has 1 saturated heterocycles. The number of amides is 4. The second-order valence-corrected chi connectivity index (χ2v) is 10.9. The Hall–Kier alpha value is -2.91. The molecule has 4 N–H and O–H groups in total. The van der Waals surface area contributed by atoms with Crippen LogP contribution in [0.2, 0.25) is 0 Å². The maximum Gasteiger partial charge on any atom is 0.333 e. The van der Waals surface area contributed by atoms with Gasteiger partial charge in [-0.25, -0.2) is 9.59 Å². The third-order valence-corrected chi connectivity index (χ3v) is 7.73. The third kappa shape index (κ3) is 6.90. The molecular weight excluding hydrogens is 476 g/mol. The molecule has 0 aromatic heterocycles. The fourth-order valence-corrected chi connectivity index (χ4v) is 5.18. The number of carbonyl (C=O) groups is 5. The van der Waals surface area contributed by atoms with Crippen LogP contribution in [0, 0.1) is 11.8 Å². The molecule has 0 unspecified atom stereocenters. The summed E-state index contributed by atoms with van der Waals surface area (Å²) in [6.45, 7) is 5.87. The quantitative estimate of drug-likeness (QED) is 0.218. The highest BCUT2D eigenvalue weighted by molar-refractivity contribution is 5.96. The second kappa shape index (κ2) is 12.6. The van der Waals surface area contributed by atoms with Gasteiger partial charge in [0.1, 0.15) is 6.04 Å². The average Bonchev–Trinajstić information content (AvgIpc) is 3.58. The van der Waals surface area contributed by atoms with Crippen LogP contribution >= 0.6 is 0 Å². The molecule has 10 heteroatoms. The number of allylic oxidation sites excluding steroid dienone is 1. The van der Waals surface area contributed by atoms with Gasteiger partial charge in [-0.2, -0.15) is 0 Å². The molecule has 1 heterocycles. The van der Waals surface area contributed by atoms with Crippen LogP contribution in [0.5, 0.6) is 0 Å². The summed E-state index contributed by atoms with van der Waals surface area (Å²) in [4.78, 5) is 64.5. The number of carboxylic acid groups (broad SMARTS) is 1. The number of carboxylic acids is 1. The zero-order chi connectivity index (χ0) is 27.2. The van der Waals surface area contributed by atoms with Crippen LogP contribution in [-0.2, 0) is 19.2 Å². The smallest absolute Gasteiger partial charge is 0.333 e. The highest BCUT2D eigenvalue weighted by atomic mass is 16.4. The number of nitrogens with one attached hydrogen (secondary N) is 3. The van der Waals surface area contributed by atoms with E-state index in [1.54, 1.807) is 0 Å². The van der Waals surface area contributed by atoms with Crippen molar-refractivity contribution in [3.63, 3.8) is 0 Å². The Labute approximate surface area is 219 Å². The molecule has 10 nitrogen and oxygen atoms in total. The van der Waals surface area contributed by atoms with E-state index >= 15 is 0 Å². The third-order valence-electron chi connectivity index (χ3n) is 7.73. The number of likely N-dealkylation sites (tertiary alicyclic amines) is 1. The second-order valence-electron chi connectivity index (χ2n) is 10.9. The van der Waals surface area contributed by atoms with Crippen LogP contribution in [0.4, 0.5) is 4.79 Å². The predicted molar refractivity (Wildman–Crippen MR) is 138 cm³/mol. The van der Waals surface area contributed by atoms with Crippen molar-refractivity contribution in [2.24, 2.45) is 11.8 Å². The van der Waals surface area contributed by atoms with Crippen molar-refractivity contribution < 1.29 is 29.1 Å². The van der Waals surface area contributed by atoms with Crippen molar-refractivity contribution in [2.45, 2.75) is 103 Å². The van der Waals surface area contributed by atoms with Gasteiger partial charge in [0.05, 0.1) is 12.6 Å². The fourth-order valence-electron chi connectivity index (χ4n) is 5.18. The molecule has 3 rings (SSSR count).